The van der Waals surface area contributed by atoms with Crippen LogP contribution in [0.25, 0.3) is 0 Å². The fourth-order valence-electron chi connectivity index (χ4n) is 1.49. The SMILES string of the molecule is C=C1CCN(c2ncc(Cl)cn2)CC1. The van der Waals surface area contributed by atoms with Gasteiger partial charge in [0.1, 0.15) is 0 Å². The molecule has 1 aromatic heterocycles. The summed E-state index contributed by atoms with van der Waals surface area (Å²) in [5.74, 6) is 0.766. The molecule has 0 radical (unpaired) electrons. The van der Waals surface area contributed by atoms with E-state index in [0.717, 1.165) is 31.9 Å². The number of aromatic nitrogens is 2. The van der Waals surface area contributed by atoms with Crippen LogP contribution >= 0.6 is 11.6 Å². The van der Waals surface area contributed by atoms with E-state index < -0.39 is 0 Å². The van der Waals surface area contributed by atoms with E-state index in [9.17, 15) is 0 Å². The molecule has 14 heavy (non-hydrogen) atoms. The van der Waals surface area contributed by atoms with Crippen molar-refractivity contribution in [2.24, 2.45) is 0 Å². The molecule has 2 heterocycles. The van der Waals surface area contributed by atoms with Crippen molar-refractivity contribution in [2.75, 3.05) is 18.0 Å². The third-order valence-corrected chi connectivity index (χ3v) is 2.56. The van der Waals surface area contributed by atoms with Crippen molar-refractivity contribution < 1.29 is 0 Å². The Morgan fingerprint density at radius 1 is 1.21 bits per heavy atom. The minimum atomic E-state index is 0.579. The molecule has 2 rings (SSSR count). The van der Waals surface area contributed by atoms with Crippen molar-refractivity contribution in [3.05, 3.63) is 29.6 Å². The third-order valence-electron chi connectivity index (χ3n) is 2.36. The molecule has 1 fully saturated rings. The zero-order valence-electron chi connectivity index (χ0n) is 7.91. The molecule has 1 aromatic rings. The molecular formula is C10H12ClN3. The number of hydrogen-bond donors (Lipinski definition) is 0. The first-order valence-electron chi connectivity index (χ1n) is 4.65. The summed E-state index contributed by atoms with van der Waals surface area (Å²) in [5.41, 5.74) is 1.32. The van der Waals surface area contributed by atoms with Crippen LogP contribution in [0.5, 0.6) is 0 Å². The Labute approximate surface area is 88.4 Å². The highest BCUT2D eigenvalue weighted by molar-refractivity contribution is 6.30. The van der Waals surface area contributed by atoms with Crippen molar-refractivity contribution in [3.63, 3.8) is 0 Å². The number of piperidine rings is 1. The number of nitrogens with zero attached hydrogens (tertiary/aromatic N) is 3. The molecule has 0 aliphatic carbocycles. The molecule has 1 aliphatic rings. The normalized spacial score (nSPS) is 17.2. The topological polar surface area (TPSA) is 29.0 Å². The predicted octanol–water partition coefficient (Wildman–Crippen LogP) is 2.29. The van der Waals surface area contributed by atoms with Gasteiger partial charge in [0.25, 0.3) is 0 Å². The minimum absolute atomic E-state index is 0.579. The molecule has 0 atom stereocenters. The van der Waals surface area contributed by atoms with Crippen LogP contribution in [-0.2, 0) is 0 Å². The molecule has 0 unspecified atom stereocenters. The second-order valence-electron chi connectivity index (χ2n) is 3.44. The fraction of sp³-hybridized carbons (Fsp3) is 0.400. The van der Waals surface area contributed by atoms with E-state index in [4.69, 9.17) is 11.6 Å². The van der Waals surface area contributed by atoms with Gasteiger partial charge in [-0.25, -0.2) is 9.97 Å². The van der Waals surface area contributed by atoms with Gasteiger partial charge in [0.2, 0.25) is 5.95 Å². The zero-order chi connectivity index (χ0) is 9.97. The predicted molar refractivity (Wildman–Crippen MR) is 57.6 cm³/mol. The van der Waals surface area contributed by atoms with Gasteiger partial charge >= 0.3 is 0 Å². The van der Waals surface area contributed by atoms with Gasteiger partial charge in [0.05, 0.1) is 17.4 Å². The monoisotopic (exact) mass is 209 g/mol. The van der Waals surface area contributed by atoms with Gasteiger partial charge in [-0.1, -0.05) is 23.8 Å². The Hall–Kier alpha value is -1.09. The van der Waals surface area contributed by atoms with Crippen LogP contribution in [-0.4, -0.2) is 23.1 Å². The summed E-state index contributed by atoms with van der Waals surface area (Å²) in [5, 5.41) is 0.579. The van der Waals surface area contributed by atoms with Crippen LogP contribution in [0.2, 0.25) is 5.02 Å². The molecule has 0 saturated carbocycles. The van der Waals surface area contributed by atoms with Gasteiger partial charge in [-0.3, -0.25) is 0 Å². The first-order valence-corrected chi connectivity index (χ1v) is 5.02. The molecule has 74 valence electrons. The summed E-state index contributed by atoms with van der Waals surface area (Å²) in [6.07, 6.45) is 5.33. The molecule has 0 amide bonds. The highest BCUT2D eigenvalue weighted by Gasteiger charge is 2.14. The highest BCUT2D eigenvalue weighted by atomic mass is 35.5. The van der Waals surface area contributed by atoms with Gasteiger partial charge in [-0.15, -0.1) is 0 Å². The van der Waals surface area contributed by atoms with Crippen LogP contribution in [0.15, 0.2) is 24.5 Å². The Bertz CT molecular complexity index is 324. The van der Waals surface area contributed by atoms with Gasteiger partial charge in [0, 0.05) is 13.1 Å². The average molecular weight is 210 g/mol. The van der Waals surface area contributed by atoms with Crippen LogP contribution in [0.4, 0.5) is 5.95 Å². The van der Waals surface area contributed by atoms with E-state index in [1.807, 2.05) is 0 Å². The van der Waals surface area contributed by atoms with Crippen LogP contribution in [0.1, 0.15) is 12.8 Å². The van der Waals surface area contributed by atoms with Crippen molar-refractivity contribution >= 4 is 17.5 Å². The second kappa shape index (κ2) is 3.96. The lowest BCUT2D eigenvalue weighted by Crippen LogP contribution is -2.31. The lowest BCUT2D eigenvalue weighted by molar-refractivity contribution is 0.669. The van der Waals surface area contributed by atoms with E-state index in [0.29, 0.717) is 5.02 Å². The number of rotatable bonds is 1. The van der Waals surface area contributed by atoms with Crippen LogP contribution in [0.3, 0.4) is 0 Å². The number of anilines is 1. The van der Waals surface area contributed by atoms with E-state index in [2.05, 4.69) is 21.4 Å². The quantitative estimate of drug-likeness (QED) is 0.665. The summed E-state index contributed by atoms with van der Waals surface area (Å²) in [7, 11) is 0. The first-order chi connectivity index (χ1) is 6.75. The van der Waals surface area contributed by atoms with Gasteiger partial charge in [0.15, 0.2) is 0 Å². The lowest BCUT2D eigenvalue weighted by Gasteiger charge is -2.27. The molecule has 3 nitrogen and oxygen atoms in total. The van der Waals surface area contributed by atoms with Crippen LogP contribution in [0, 0.1) is 0 Å². The third kappa shape index (κ3) is 2.04. The Kier molecular flexibility index (Phi) is 2.68. The van der Waals surface area contributed by atoms with E-state index >= 15 is 0 Å². The summed E-state index contributed by atoms with van der Waals surface area (Å²) >= 11 is 5.72. The second-order valence-corrected chi connectivity index (χ2v) is 3.87. The minimum Gasteiger partial charge on any atom is -0.340 e. The molecule has 0 spiro atoms. The molecule has 0 aromatic carbocycles. The summed E-state index contributed by atoms with van der Waals surface area (Å²) in [4.78, 5) is 10.5. The van der Waals surface area contributed by atoms with Gasteiger partial charge in [-0.2, -0.15) is 0 Å². The maximum atomic E-state index is 5.72. The fourth-order valence-corrected chi connectivity index (χ4v) is 1.59. The molecule has 1 aliphatic heterocycles. The Morgan fingerprint density at radius 3 is 2.36 bits per heavy atom. The van der Waals surface area contributed by atoms with Crippen molar-refractivity contribution in [1.29, 1.82) is 0 Å². The molecular weight excluding hydrogens is 198 g/mol. The average Bonchev–Trinajstić information content (AvgIpc) is 2.21. The maximum absolute atomic E-state index is 5.72. The van der Waals surface area contributed by atoms with Crippen molar-refractivity contribution in [1.82, 2.24) is 9.97 Å². The van der Waals surface area contributed by atoms with Gasteiger partial charge < -0.3 is 4.90 Å². The number of halogens is 1. The zero-order valence-corrected chi connectivity index (χ0v) is 8.67. The summed E-state index contributed by atoms with van der Waals surface area (Å²) in [6, 6.07) is 0. The smallest absolute Gasteiger partial charge is 0.225 e. The Balaban J connectivity index is 2.08. The van der Waals surface area contributed by atoms with E-state index in [1.165, 1.54) is 5.57 Å². The summed E-state index contributed by atoms with van der Waals surface area (Å²) < 4.78 is 0. The number of hydrogen-bond acceptors (Lipinski definition) is 3. The van der Waals surface area contributed by atoms with Crippen molar-refractivity contribution in [2.45, 2.75) is 12.8 Å². The van der Waals surface area contributed by atoms with E-state index in [1.54, 1.807) is 12.4 Å². The largest absolute Gasteiger partial charge is 0.340 e. The first kappa shape index (κ1) is 9.46. The van der Waals surface area contributed by atoms with Crippen LogP contribution < -0.4 is 4.90 Å². The maximum Gasteiger partial charge on any atom is 0.225 e. The Morgan fingerprint density at radius 2 is 1.79 bits per heavy atom. The van der Waals surface area contributed by atoms with Gasteiger partial charge in [-0.05, 0) is 12.8 Å². The highest BCUT2D eigenvalue weighted by Crippen LogP contribution is 2.18. The standard InChI is InChI=1S/C10H12ClN3/c1-8-2-4-14(5-3-8)10-12-6-9(11)7-13-10/h6-7H,1-5H2. The molecule has 1 saturated heterocycles. The summed E-state index contributed by atoms with van der Waals surface area (Å²) in [6.45, 7) is 5.89. The van der Waals surface area contributed by atoms with E-state index in [-0.39, 0.29) is 0 Å². The molecule has 0 N–H and O–H groups in total. The molecule has 0 bridgehead atoms. The lowest BCUT2D eigenvalue weighted by atomic mass is 10.1. The van der Waals surface area contributed by atoms with Crippen molar-refractivity contribution in [3.8, 4) is 0 Å². The molecule has 4 heteroatoms.